The quantitative estimate of drug-likeness (QED) is 0.806. The highest BCUT2D eigenvalue weighted by Crippen LogP contribution is 2.27. The van der Waals surface area contributed by atoms with Crippen molar-refractivity contribution in [1.82, 2.24) is 10.6 Å². The standard InChI is InChI=1S/C14H26N2O2/c1-10(13(18)16-14(2,3)4)15-12(17)9-11-7-5-6-8-11/h10-11H,5-9H2,1-4H3,(H,15,17)(H,16,18). The van der Waals surface area contributed by atoms with Crippen LogP contribution in [0.2, 0.25) is 0 Å². The van der Waals surface area contributed by atoms with Gasteiger partial charge in [-0.1, -0.05) is 12.8 Å². The van der Waals surface area contributed by atoms with E-state index in [9.17, 15) is 9.59 Å². The van der Waals surface area contributed by atoms with Crippen LogP contribution in [0.5, 0.6) is 0 Å². The number of hydrogen-bond acceptors (Lipinski definition) is 2. The second-order valence-corrected chi connectivity index (χ2v) is 6.38. The molecule has 0 saturated heterocycles. The molecule has 4 nitrogen and oxygen atoms in total. The zero-order chi connectivity index (χ0) is 13.8. The van der Waals surface area contributed by atoms with Gasteiger partial charge in [0.15, 0.2) is 0 Å². The first-order chi connectivity index (χ1) is 8.28. The average molecular weight is 254 g/mol. The lowest BCUT2D eigenvalue weighted by atomic mass is 10.0. The molecule has 0 spiro atoms. The van der Waals surface area contributed by atoms with E-state index in [0.29, 0.717) is 12.3 Å². The van der Waals surface area contributed by atoms with E-state index in [0.717, 1.165) is 12.8 Å². The summed E-state index contributed by atoms with van der Waals surface area (Å²) in [6, 6.07) is -0.460. The van der Waals surface area contributed by atoms with Crippen LogP contribution in [0, 0.1) is 5.92 Å². The molecule has 0 aromatic rings. The molecule has 1 unspecified atom stereocenters. The van der Waals surface area contributed by atoms with Crippen molar-refractivity contribution in [1.29, 1.82) is 0 Å². The molecule has 2 amide bonds. The normalized spacial score (nSPS) is 18.4. The van der Waals surface area contributed by atoms with Crippen LogP contribution < -0.4 is 10.6 Å². The third-order valence-corrected chi connectivity index (χ3v) is 3.22. The number of amides is 2. The molecule has 0 radical (unpaired) electrons. The first-order valence-corrected chi connectivity index (χ1v) is 6.89. The highest BCUT2D eigenvalue weighted by atomic mass is 16.2. The van der Waals surface area contributed by atoms with Gasteiger partial charge in [-0.15, -0.1) is 0 Å². The fourth-order valence-electron chi connectivity index (χ4n) is 2.32. The molecular formula is C14H26N2O2. The monoisotopic (exact) mass is 254 g/mol. The Balaban J connectivity index is 2.31. The summed E-state index contributed by atoms with van der Waals surface area (Å²) in [6.07, 6.45) is 5.33. The summed E-state index contributed by atoms with van der Waals surface area (Å²) in [5, 5.41) is 5.64. The number of carbonyl (C=O) groups excluding carboxylic acids is 2. The lowest BCUT2D eigenvalue weighted by molar-refractivity contribution is -0.129. The molecule has 1 aliphatic carbocycles. The molecule has 1 fully saturated rings. The van der Waals surface area contributed by atoms with E-state index in [2.05, 4.69) is 10.6 Å². The summed E-state index contributed by atoms with van der Waals surface area (Å²) in [4.78, 5) is 23.6. The summed E-state index contributed by atoms with van der Waals surface area (Å²) in [6.45, 7) is 7.52. The molecule has 0 bridgehead atoms. The van der Waals surface area contributed by atoms with Gasteiger partial charge in [-0.25, -0.2) is 0 Å². The van der Waals surface area contributed by atoms with Gasteiger partial charge in [-0.3, -0.25) is 9.59 Å². The van der Waals surface area contributed by atoms with Crippen molar-refractivity contribution in [3.05, 3.63) is 0 Å². The largest absolute Gasteiger partial charge is 0.350 e. The van der Waals surface area contributed by atoms with E-state index < -0.39 is 6.04 Å². The van der Waals surface area contributed by atoms with E-state index in [-0.39, 0.29) is 17.4 Å². The van der Waals surface area contributed by atoms with Gasteiger partial charge >= 0.3 is 0 Å². The summed E-state index contributed by atoms with van der Waals surface area (Å²) < 4.78 is 0. The Labute approximate surface area is 110 Å². The minimum atomic E-state index is -0.460. The Kier molecular flexibility index (Phi) is 5.17. The molecule has 0 aromatic heterocycles. The van der Waals surface area contributed by atoms with Crippen LogP contribution in [0.4, 0.5) is 0 Å². The maximum Gasteiger partial charge on any atom is 0.242 e. The lowest BCUT2D eigenvalue weighted by Crippen LogP contribution is -2.51. The van der Waals surface area contributed by atoms with E-state index in [4.69, 9.17) is 0 Å². The zero-order valence-electron chi connectivity index (χ0n) is 12.0. The Hall–Kier alpha value is -1.06. The van der Waals surface area contributed by atoms with E-state index >= 15 is 0 Å². The maximum atomic E-state index is 11.8. The summed E-state index contributed by atoms with van der Waals surface area (Å²) in [5.74, 6) is 0.392. The molecule has 1 atom stereocenters. The van der Waals surface area contributed by atoms with E-state index in [1.165, 1.54) is 12.8 Å². The van der Waals surface area contributed by atoms with Crippen molar-refractivity contribution in [2.75, 3.05) is 0 Å². The van der Waals surface area contributed by atoms with Crippen LogP contribution in [-0.4, -0.2) is 23.4 Å². The molecule has 1 aliphatic rings. The SMILES string of the molecule is CC(NC(=O)CC1CCCC1)C(=O)NC(C)(C)C. The molecule has 0 heterocycles. The van der Waals surface area contributed by atoms with Crippen molar-refractivity contribution < 1.29 is 9.59 Å². The number of carbonyl (C=O) groups is 2. The summed E-state index contributed by atoms with van der Waals surface area (Å²) >= 11 is 0. The highest BCUT2D eigenvalue weighted by molar-refractivity contribution is 5.87. The van der Waals surface area contributed by atoms with Crippen LogP contribution in [0.15, 0.2) is 0 Å². The summed E-state index contributed by atoms with van der Waals surface area (Å²) in [7, 11) is 0. The molecular weight excluding hydrogens is 228 g/mol. The first kappa shape index (κ1) is 15.0. The number of nitrogens with one attached hydrogen (secondary N) is 2. The molecule has 1 saturated carbocycles. The first-order valence-electron chi connectivity index (χ1n) is 6.89. The third-order valence-electron chi connectivity index (χ3n) is 3.22. The molecule has 0 aliphatic heterocycles. The van der Waals surface area contributed by atoms with Gasteiger partial charge in [0.25, 0.3) is 0 Å². The Morgan fingerprint density at radius 1 is 1.22 bits per heavy atom. The topological polar surface area (TPSA) is 58.2 Å². The molecule has 0 aromatic carbocycles. The smallest absolute Gasteiger partial charge is 0.242 e. The fourth-order valence-corrected chi connectivity index (χ4v) is 2.32. The minimum absolute atomic E-state index is 0.00143. The van der Waals surface area contributed by atoms with Crippen LogP contribution >= 0.6 is 0 Å². The second kappa shape index (κ2) is 6.21. The van der Waals surface area contributed by atoms with Crippen LogP contribution in [0.1, 0.15) is 59.8 Å². The maximum absolute atomic E-state index is 11.8. The number of rotatable bonds is 4. The van der Waals surface area contributed by atoms with Gasteiger partial charge in [0.05, 0.1) is 0 Å². The third kappa shape index (κ3) is 5.52. The summed E-state index contributed by atoms with van der Waals surface area (Å²) in [5.41, 5.74) is -0.262. The van der Waals surface area contributed by atoms with Gasteiger partial charge < -0.3 is 10.6 Å². The van der Waals surface area contributed by atoms with E-state index in [1.807, 2.05) is 20.8 Å². The van der Waals surface area contributed by atoms with E-state index in [1.54, 1.807) is 6.92 Å². The van der Waals surface area contributed by atoms with Crippen molar-refractivity contribution >= 4 is 11.8 Å². The molecule has 2 N–H and O–H groups in total. The van der Waals surface area contributed by atoms with Gasteiger partial charge in [0.1, 0.15) is 6.04 Å². The predicted molar refractivity (Wildman–Crippen MR) is 72.1 cm³/mol. The van der Waals surface area contributed by atoms with Crippen molar-refractivity contribution in [3.8, 4) is 0 Å². The van der Waals surface area contributed by atoms with Crippen LogP contribution in [-0.2, 0) is 9.59 Å². The average Bonchev–Trinajstić information content (AvgIpc) is 2.67. The van der Waals surface area contributed by atoms with Crippen molar-refractivity contribution in [3.63, 3.8) is 0 Å². The number of hydrogen-bond donors (Lipinski definition) is 2. The van der Waals surface area contributed by atoms with Crippen LogP contribution in [0.3, 0.4) is 0 Å². The Morgan fingerprint density at radius 2 is 1.78 bits per heavy atom. The van der Waals surface area contributed by atoms with Gasteiger partial charge in [-0.05, 0) is 46.5 Å². The molecule has 4 heteroatoms. The lowest BCUT2D eigenvalue weighted by Gasteiger charge is -2.24. The predicted octanol–water partition coefficient (Wildman–Crippen LogP) is 1.99. The fraction of sp³-hybridized carbons (Fsp3) is 0.857. The minimum Gasteiger partial charge on any atom is -0.350 e. The van der Waals surface area contributed by atoms with Crippen LogP contribution in [0.25, 0.3) is 0 Å². The van der Waals surface area contributed by atoms with Gasteiger partial charge in [-0.2, -0.15) is 0 Å². The highest BCUT2D eigenvalue weighted by Gasteiger charge is 2.23. The van der Waals surface area contributed by atoms with Crippen molar-refractivity contribution in [2.24, 2.45) is 5.92 Å². The Morgan fingerprint density at radius 3 is 2.28 bits per heavy atom. The second-order valence-electron chi connectivity index (χ2n) is 6.38. The van der Waals surface area contributed by atoms with Gasteiger partial charge in [0, 0.05) is 12.0 Å². The van der Waals surface area contributed by atoms with Crippen molar-refractivity contribution in [2.45, 2.75) is 71.4 Å². The zero-order valence-corrected chi connectivity index (χ0v) is 12.0. The molecule has 1 rings (SSSR count). The molecule has 18 heavy (non-hydrogen) atoms. The Bertz CT molecular complexity index is 301. The van der Waals surface area contributed by atoms with Gasteiger partial charge in [0.2, 0.25) is 11.8 Å². The molecule has 104 valence electrons.